The van der Waals surface area contributed by atoms with Crippen molar-refractivity contribution in [1.29, 1.82) is 0 Å². The van der Waals surface area contributed by atoms with Crippen molar-refractivity contribution in [2.45, 2.75) is 41.6 Å². The van der Waals surface area contributed by atoms with Crippen LogP contribution in [0.1, 0.15) is 30.1 Å². The number of nitrogens with one attached hydrogen (secondary N) is 3. The molecule has 0 bridgehead atoms. The summed E-state index contributed by atoms with van der Waals surface area (Å²) in [7, 11) is 0. The third-order valence-electron chi connectivity index (χ3n) is 4.95. The zero-order valence-corrected chi connectivity index (χ0v) is 18.1. The Kier molecular flexibility index (Phi) is 6.57. The van der Waals surface area contributed by atoms with E-state index in [0.29, 0.717) is 11.6 Å². The van der Waals surface area contributed by atoms with Gasteiger partial charge in [0.1, 0.15) is 6.04 Å². The van der Waals surface area contributed by atoms with E-state index in [0.717, 1.165) is 34.0 Å². The second-order valence-corrected chi connectivity index (χ2v) is 8.71. The van der Waals surface area contributed by atoms with E-state index < -0.39 is 6.04 Å². The van der Waals surface area contributed by atoms with Crippen LogP contribution in [0.4, 0.5) is 11.4 Å². The number of carbonyl (C=O) groups is 2. The molecule has 1 aliphatic carbocycles. The first kappa shape index (κ1) is 21.0. The average Bonchev–Trinajstić information content (AvgIpc) is 3.60. The highest BCUT2D eigenvalue weighted by Gasteiger charge is 2.23. The summed E-state index contributed by atoms with van der Waals surface area (Å²) in [4.78, 5) is 27.0. The summed E-state index contributed by atoms with van der Waals surface area (Å²) in [6, 6.07) is 24.9. The summed E-state index contributed by atoms with van der Waals surface area (Å²) in [5.74, 6) is -0.177. The minimum atomic E-state index is -0.444. The fourth-order valence-electron chi connectivity index (χ4n) is 3.05. The van der Waals surface area contributed by atoms with Gasteiger partial charge in [0.15, 0.2) is 0 Å². The van der Waals surface area contributed by atoms with Crippen molar-refractivity contribution < 1.29 is 9.59 Å². The van der Waals surface area contributed by atoms with Crippen LogP contribution in [0.25, 0.3) is 0 Å². The van der Waals surface area contributed by atoms with Gasteiger partial charge in [0.25, 0.3) is 5.91 Å². The van der Waals surface area contributed by atoms with Gasteiger partial charge in [-0.3, -0.25) is 9.59 Å². The molecule has 1 saturated carbocycles. The normalized spacial score (nSPS) is 13.8. The predicted molar refractivity (Wildman–Crippen MR) is 126 cm³/mol. The van der Waals surface area contributed by atoms with Crippen LogP contribution in [0.2, 0.25) is 0 Å². The molecular formula is C25H25N3O2S. The highest BCUT2D eigenvalue weighted by molar-refractivity contribution is 7.99. The van der Waals surface area contributed by atoms with Crippen LogP contribution in [-0.2, 0) is 4.79 Å². The summed E-state index contributed by atoms with van der Waals surface area (Å²) < 4.78 is 0. The molecule has 1 unspecified atom stereocenters. The number of hydrogen-bond acceptors (Lipinski definition) is 4. The highest BCUT2D eigenvalue weighted by atomic mass is 32.2. The molecule has 0 aromatic heterocycles. The number of para-hydroxylation sites is 1. The van der Waals surface area contributed by atoms with Crippen LogP contribution >= 0.6 is 11.8 Å². The fourth-order valence-corrected chi connectivity index (χ4v) is 3.97. The molecule has 2 amide bonds. The first-order valence-corrected chi connectivity index (χ1v) is 11.2. The van der Waals surface area contributed by atoms with Crippen molar-refractivity contribution in [3.8, 4) is 0 Å². The van der Waals surface area contributed by atoms with Crippen LogP contribution in [0, 0.1) is 0 Å². The van der Waals surface area contributed by atoms with E-state index in [1.165, 1.54) is 0 Å². The summed E-state index contributed by atoms with van der Waals surface area (Å²) in [5.41, 5.74) is 2.20. The van der Waals surface area contributed by atoms with E-state index in [-0.39, 0.29) is 11.8 Å². The Balaban J connectivity index is 1.36. The second kappa shape index (κ2) is 9.71. The van der Waals surface area contributed by atoms with Crippen LogP contribution in [0.3, 0.4) is 0 Å². The lowest BCUT2D eigenvalue weighted by Gasteiger charge is -2.17. The highest BCUT2D eigenvalue weighted by Crippen LogP contribution is 2.33. The third kappa shape index (κ3) is 5.89. The number of hydrogen-bond donors (Lipinski definition) is 3. The van der Waals surface area contributed by atoms with Crippen molar-refractivity contribution in [3.05, 3.63) is 84.4 Å². The number of carbonyl (C=O) groups excluding carboxylic acids is 2. The predicted octanol–water partition coefficient (Wildman–Crippen LogP) is 5.17. The molecule has 0 radical (unpaired) electrons. The van der Waals surface area contributed by atoms with Crippen LogP contribution in [0.5, 0.6) is 0 Å². The van der Waals surface area contributed by atoms with Gasteiger partial charge in [0, 0.05) is 27.1 Å². The molecule has 1 fully saturated rings. The minimum absolute atomic E-state index is 0.0487. The maximum atomic E-state index is 12.8. The summed E-state index contributed by atoms with van der Waals surface area (Å²) in [6.07, 6.45) is 2.12. The van der Waals surface area contributed by atoms with Gasteiger partial charge < -0.3 is 16.0 Å². The van der Waals surface area contributed by atoms with Gasteiger partial charge in [0.05, 0.1) is 5.69 Å². The van der Waals surface area contributed by atoms with Gasteiger partial charge >= 0.3 is 0 Å². The molecule has 6 heteroatoms. The Morgan fingerprint density at radius 1 is 0.903 bits per heavy atom. The first-order valence-electron chi connectivity index (χ1n) is 10.4. The van der Waals surface area contributed by atoms with Gasteiger partial charge in [-0.2, -0.15) is 0 Å². The van der Waals surface area contributed by atoms with Gasteiger partial charge in [-0.15, -0.1) is 0 Å². The SMILES string of the molecule is CC(Nc1ccc(C(=O)NC2CC2)cc1)C(=O)Nc1ccccc1Sc1ccccc1. The molecule has 1 aliphatic rings. The van der Waals surface area contributed by atoms with Crippen molar-refractivity contribution in [3.63, 3.8) is 0 Å². The first-order chi connectivity index (χ1) is 15.1. The van der Waals surface area contributed by atoms with E-state index in [4.69, 9.17) is 0 Å². The number of benzene rings is 3. The summed E-state index contributed by atoms with van der Waals surface area (Å²) >= 11 is 1.61. The van der Waals surface area contributed by atoms with Crippen LogP contribution < -0.4 is 16.0 Å². The van der Waals surface area contributed by atoms with Crippen molar-refractivity contribution in [2.75, 3.05) is 10.6 Å². The van der Waals surface area contributed by atoms with E-state index in [1.807, 2.05) is 73.7 Å². The topological polar surface area (TPSA) is 70.2 Å². The maximum absolute atomic E-state index is 12.8. The molecule has 158 valence electrons. The molecule has 0 saturated heterocycles. The van der Waals surface area contributed by atoms with E-state index in [2.05, 4.69) is 16.0 Å². The molecule has 0 aliphatic heterocycles. The Morgan fingerprint density at radius 3 is 2.29 bits per heavy atom. The lowest BCUT2D eigenvalue weighted by molar-refractivity contribution is -0.116. The molecule has 0 heterocycles. The monoisotopic (exact) mass is 431 g/mol. The molecule has 4 rings (SSSR count). The van der Waals surface area contributed by atoms with E-state index >= 15 is 0 Å². The standard InChI is InChI=1S/C25H25N3O2S/c1-17(26-19-13-11-18(12-14-19)25(30)27-20-15-16-20)24(29)28-22-9-5-6-10-23(22)31-21-7-3-2-4-8-21/h2-14,17,20,26H,15-16H2,1H3,(H,27,30)(H,28,29). The largest absolute Gasteiger partial charge is 0.374 e. The van der Waals surface area contributed by atoms with Gasteiger partial charge in [0.2, 0.25) is 5.91 Å². The Bertz CT molecular complexity index is 1050. The molecule has 3 aromatic rings. The van der Waals surface area contributed by atoms with Gasteiger partial charge in [-0.25, -0.2) is 0 Å². The number of rotatable bonds is 8. The van der Waals surface area contributed by atoms with Crippen molar-refractivity contribution in [2.24, 2.45) is 0 Å². The van der Waals surface area contributed by atoms with E-state index in [9.17, 15) is 9.59 Å². The lowest BCUT2D eigenvalue weighted by atomic mass is 10.1. The Morgan fingerprint density at radius 2 is 1.58 bits per heavy atom. The summed E-state index contributed by atoms with van der Waals surface area (Å²) in [5, 5.41) is 9.20. The molecule has 31 heavy (non-hydrogen) atoms. The van der Waals surface area contributed by atoms with Gasteiger partial charge in [-0.05, 0) is 68.3 Å². The lowest BCUT2D eigenvalue weighted by Crippen LogP contribution is -2.32. The fraction of sp³-hybridized carbons (Fsp3) is 0.200. The molecule has 5 nitrogen and oxygen atoms in total. The zero-order chi connectivity index (χ0) is 21.6. The Hall–Kier alpha value is -3.25. The number of amides is 2. The van der Waals surface area contributed by atoms with E-state index in [1.54, 1.807) is 23.9 Å². The van der Waals surface area contributed by atoms with Crippen molar-refractivity contribution >= 4 is 35.0 Å². The second-order valence-electron chi connectivity index (χ2n) is 7.59. The van der Waals surface area contributed by atoms with Crippen LogP contribution in [0.15, 0.2) is 88.7 Å². The molecule has 3 N–H and O–H groups in total. The minimum Gasteiger partial charge on any atom is -0.374 e. The number of anilines is 2. The van der Waals surface area contributed by atoms with Crippen LogP contribution in [-0.4, -0.2) is 23.9 Å². The smallest absolute Gasteiger partial charge is 0.251 e. The Labute approximate surface area is 186 Å². The maximum Gasteiger partial charge on any atom is 0.251 e. The summed E-state index contributed by atoms with van der Waals surface area (Å²) in [6.45, 7) is 1.82. The third-order valence-corrected chi connectivity index (χ3v) is 6.04. The quantitative estimate of drug-likeness (QED) is 0.460. The average molecular weight is 432 g/mol. The van der Waals surface area contributed by atoms with Crippen molar-refractivity contribution in [1.82, 2.24) is 5.32 Å². The zero-order valence-electron chi connectivity index (χ0n) is 17.3. The molecular weight excluding hydrogens is 406 g/mol. The van der Waals surface area contributed by atoms with Gasteiger partial charge in [-0.1, -0.05) is 42.1 Å². The molecule has 1 atom stereocenters. The molecule has 3 aromatic carbocycles. The molecule has 0 spiro atoms.